The topological polar surface area (TPSA) is 47.6 Å². The molecular weight excluding hydrogens is 290 g/mol. The molecule has 23 heavy (non-hydrogen) atoms. The molecule has 0 bridgehead atoms. The van der Waals surface area contributed by atoms with Gasteiger partial charge in [0.2, 0.25) is 5.91 Å². The van der Waals surface area contributed by atoms with E-state index in [2.05, 4.69) is 5.32 Å². The van der Waals surface area contributed by atoms with Gasteiger partial charge in [-0.05, 0) is 30.7 Å². The number of hydrogen-bond acceptors (Lipinski definition) is 3. The molecule has 0 fully saturated rings. The van der Waals surface area contributed by atoms with Crippen LogP contribution in [0.3, 0.4) is 0 Å². The first-order chi connectivity index (χ1) is 11.2. The molecule has 120 valence electrons. The average Bonchev–Trinajstić information content (AvgIpc) is 2.59. The summed E-state index contributed by atoms with van der Waals surface area (Å²) in [7, 11) is 1.61. The third-order valence-corrected chi connectivity index (χ3v) is 3.16. The molecule has 4 heteroatoms. The van der Waals surface area contributed by atoms with Crippen molar-refractivity contribution in [3.05, 3.63) is 60.2 Å². The number of carbonyl (C=O) groups excluding carboxylic acids is 1. The number of rotatable bonds is 7. The summed E-state index contributed by atoms with van der Waals surface area (Å²) in [6.07, 6.45) is 4.12. The SMILES string of the molecule is CCCOc1ccccc1NC(=O)/C=C/c1ccccc1OC. The van der Waals surface area contributed by atoms with E-state index in [0.717, 1.165) is 17.7 Å². The third kappa shape index (κ3) is 4.88. The summed E-state index contributed by atoms with van der Waals surface area (Å²) in [5.74, 6) is 1.18. The Morgan fingerprint density at radius 2 is 1.78 bits per heavy atom. The maximum absolute atomic E-state index is 12.1. The summed E-state index contributed by atoms with van der Waals surface area (Å²) >= 11 is 0. The van der Waals surface area contributed by atoms with Gasteiger partial charge in [-0.3, -0.25) is 4.79 Å². The van der Waals surface area contributed by atoms with Crippen molar-refractivity contribution >= 4 is 17.7 Å². The number of benzene rings is 2. The summed E-state index contributed by atoms with van der Waals surface area (Å²) < 4.78 is 10.9. The van der Waals surface area contributed by atoms with Gasteiger partial charge in [0.05, 0.1) is 19.4 Å². The van der Waals surface area contributed by atoms with Crippen molar-refractivity contribution in [2.75, 3.05) is 19.0 Å². The largest absolute Gasteiger partial charge is 0.496 e. The molecule has 0 saturated carbocycles. The molecule has 0 saturated heterocycles. The lowest BCUT2D eigenvalue weighted by molar-refractivity contribution is -0.111. The zero-order valence-electron chi connectivity index (χ0n) is 13.4. The highest BCUT2D eigenvalue weighted by Crippen LogP contribution is 2.24. The second kappa shape index (κ2) is 8.63. The van der Waals surface area contributed by atoms with Crippen LogP contribution in [0.2, 0.25) is 0 Å². The number of para-hydroxylation sites is 3. The van der Waals surface area contributed by atoms with Gasteiger partial charge in [0.15, 0.2) is 0 Å². The van der Waals surface area contributed by atoms with Crippen molar-refractivity contribution in [2.45, 2.75) is 13.3 Å². The van der Waals surface area contributed by atoms with Gasteiger partial charge in [-0.15, -0.1) is 0 Å². The van der Waals surface area contributed by atoms with Gasteiger partial charge in [-0.1, -0.05) is 37.3 Å². The second-order valence-corrected chi connectivity index (χ2v) is 4.91. The molecule has 2 rings (SSSR count). The first kappa shape index (κ1) is 16.6. The van der Waals surface area contributed by atoms with Gasteiger partial charge in [-0.25, -0.2) is 0 Å². The number of ether oxygens (including phenoxy) is 2. The number of methoxy groups -OCH3 is 1. The van der Waals surface area contributed by atoms with Crippen LogP contribution in [0.5, 0.6) is 11.5 Å². The number of anilines is 1. The molecule has 2 aromatic carbocycles. The van der Waals surface area contributed by atoms with Crippen LogP contribution in [-0.2, 0) is 4.79 Å². The highest BCUT2D eigenvalue weighted by Gasteiger charge is 2.05. The average molecular weight is 311 g/mol. The van der Waals surface area contributed by atoms with E-state index in [-0.39, 0.29) is 5.91 Å². The molecule has 0 aliphatic carbocycles. The molecule has 0 radical (unpaired) electrons. The van der Waals surface area contributed by atoms with Crippen LogP contribution in [0.15, 0.2) is 54.6 Å². The number of nitrogens with one attached hydrogen (secondary N) is 1. The van der Waals surface area contributed by atoms with Crippen LogP contribution >= 0.6 is 0 Å². The predicted molar refractivity (Wildman–Crippen MR) is 92.9 cm³/mol. The van der Waals surface area contributed by atoms with Crippen LogP contribution < -0.4 is 14.8 Å². The smallest absolute Gasteiger partial charge is 0.248 e. The van der Waals surface area contributed by atoms with Gasteiger partial charge < -0.3 is 14.8 Å². The van der Waals surface area contributed by atoms with Crippen LogP contribution in [-0.4, -0.2) is 19.6 Å². The predicted octanol–water partition coefficient (Wildman–Crippen LogP) is 4.14. The minimum absolute atomic E-state index is 0.219. The molecule has 0 aliphatic rings. The summed E-state index contributed by atoms with van der Waals surface area (Å²) in [4.78, 5) is 12.1. The minimum Gasteiger partial charge on any atom is -0.496 e. The van der Waals surface area contributed by atoms with Crippen molar-refractivity contribution in [3.63, 3.8) is 0 Å². The van der Waals surface area contributed by atoms with Crippen LogP contribution in [0.4, 0.5) is 5.69 Å². The number of amides is 1. The summed E-state index contributed by atoms with van der Waals surface area (Å²) in [5, 5.41) is 2.84. The molecule has 1 N–H and O–H groups in total. The van der Waals surface area contributed by atoms with Gasteiger partial charge in [-0.2, -0.15) is 0 Å². The van der Waals surface area contributed by atoms with E-state index in [9.17, 15) is 4.79 Å². The first-order valence-corrected chi connectivity index (χ1v) is 7.58. The fourth-order valence-corrected chi connectivity index (χ4v) is 2.05. The monoisotopic (exact) mass is 311 g/mol. The normalized spacial score (nSPS) is 10.5. The molecule has 0 unspecified atom stereocenters. The Hall–Kier alpha value is -2.75. The lowest BCUT2D eigenvalue weighted by Crippen LogP contribution is -2.09. The minimum atomic E-state index is -0.219. The van der Waals surface area contributed by atoms with Crippen LogP contribution in [0, 0.1) is 0 Å². The lowest BCUT2D eigenvalue weighted by atomic mass is 10.2. The molecule has 0 aromatic heterocycles. The van der Waals surface area contributed by atoms with E-state index in [1.807, 2.05) is 55.5 Å². The van der Waals surface area contributed by atoms with E-state index >= 15 is 0 Å². The maximum Gasteiger partial charge on any atom is 0.248 e. The second-order valence-electron chi connectivity index (χ2n) is 4.91. The van der Waals surface area contributed by atoms with Crippen molar-refractivity contribution in [1.82, 2.24) is 0 Å². The number of hydrogen-bond donors (Lipinski definition) is 1. The van der Waals surface area contributed by atoms with Crippen LogP contribution in [0.25, 0.3) is 6.08 Å². The highest BCUT2D eigenvalue weighted by molar-refractivity contribution is 6.02. The molecule has 4 nitrogen and oxygen atoms in total. The fourth-order valence-electron chi connectivity index (χ4n) is 2.05. The summed E-state index contributed by atoms with van der Waals surface area (Å²) in [6, 6.07) is 14.9. The van der Waals surface area contributed by atoms with Gasteiger partial charge >= 0.3 is 0 Å². The van der Waals surface area contributed by atoms with E-state index in [4.69, 9.17) is 9.47 Å². The van der Waals surface area contributed by atoms with Crippen molar-refractivity contribution in [3.8, 4) is 11.5 Å². The van der Waals surface area contributed by atoms with Crippen molar-refractivity contribution in [2.24, 2.45) is 0 Å². The molecule has 1 amide bonds. The molecule has 0 atom stereocenters. The molecule has 0 aliphatic heterocycles. The van der Waals surface area contributed by atoms with E-state index in [1.165, 1.54) is 6.08 Å². The summed E-state index contributed by atoms with van der Waals surface area (Å²) in [6.45, 7) is 2.65. The molecular formula is C19H21NO3. The highest BCUT2D eigenvalue weighted by atomic mass is 16.5. The fraction of sp³-hybridized carbons (Fsp3) is 0.211. The van der Waals surface area contributed by atoms with E-state index in [0.29, 0.717) is 18.0 Å². The summed E-state index contributed by atoms with van der Waals surface area (Å²) in [5.41, 5.74) is 1.51. The Kier molecular flexibility index (Phi) is 6.24. The van der Waals surface area contributed by atoms with Gasteiger partial charge in [0.1, 0.15) is 11.5 Å². The zero-order chi connectivity index (χ0) is 16.5. The van der Waals surface area contributed by atoms with Crippen LogP contribution in [0.1, 0.15) is 18.9 Å². The first-order valence-electron chi connectivity index (χ1n) is 7.58. The number of carbonyl (C=O) groups is 1. The van der Waals surface area contributed by atoms with Gasteiger partial charge in [0, 0.05) is 11.6 Å². The Morgan fingerprint density at radius 3 is 2.52 bits per heavy atom. The van der Waals surface area contributed by atoms with Gasteiger partial charge in [0.25, 0.3) is 0 Å². The van der Waals surface area contributed by atoms with Crippen molar-refractivity contribution in [1.29, 1.82) is 0 Å². The molecule has 0 heterocycles. The Balaban J connectivity index is 2.06. The zero-order valence-corrected chi connectivity index (χ0v) is 13.4. The third-order valence-electron chi connectivity index (χ3n) is 3.16. The molecule has 2 aromatic rings. The Bertz CT molecular complexity index is 680. The molecule has 0 spiro atoms. The Morgan fingerprint density at radius 1 is 1.09 bits per heavy atom. The van der Waals surface area contributed by atoms with E-state index < -0.39 is 0 Å². The standard InChI is InChI=1S/C19H21NO3/c1-3-14-23-18-11-7-5-9-16(18)20-19(21)13-12-15-8-4-6-10-17(15)22-2/h4-13H,3,14H2,1-2H3,(H,20,21)/b13-12+. The van der Waals surface area contributed by atoms with Crippen molar-refractivity contribution < 1.29 is 14.3 Å². The quantitative estimate of drug-likeness (QED) is 0.782. The lowest BCUT2D eigenvalue weighted by Gasteiger charge is -2.10. The maximum atomic E-state index is 12.1. The van der Waals surface area contributed by atoms with E-state index in [1.54, 1.807) is 13.2 Å². The Labute approximate surface area is 136 Å².